The minimum Gasteiger partial charge on any atom is -0.481 e. The monoisotopic (exact) mass is 570 g/mol. The van der Waals surface area contributed by atoms with E-state index in [2.05, 4.69) is 10.6 Å². The van der Waals surface area contributed by atoms with Crippen molar-refractivity contribution >= 4 is 23.9 Å². The summed E-state index contributed by atoms with van der Waals surface area (Å²) < 4.78 is 11.0. The van der Waals surface area contributed by atoms with Crippen LogP contribution in [0.3, 0.4) is 0 Å². The van der Waals surface area contributed by atoms with Crippen LogP contribution in [0.2, 0.25) is 0 Å². The lowest BCUT2D eigenvalue weighted by Crippen LogP contribution is -2.56. The number of carbonyl (C=O) groups excluding carboxylic acids is 3. The molecule has 9 nitrogen and oxygen atoms in total. The lowest BCUT2D eigenvalue weighted by molar-refractivity contribution is -0.147. The number of rotatable bonds is 11. The van der Waals surface area contributed by atoms with Crippen molar-refractivity contribution in [3.8, 4) is 11.1 Å². The number of benzene rings is 3. The number of nitrogens with one attached hydrogen (secondary N) is 2. The first-order chi connectivity index (χ1) is 20.3. The number of carboxylic acids is 1. The zero-order chi connectivity index (χ0) is 29.5. The van der Waals surface area contributed by atoms with Crippen LogP contribution in [0.25, 0.3) is 11.1 Å². The Labute approximate surface area is 244 Å². The molecule has 9 heteroatoms. The van der Waals surface area contributed by atoms with E-state index in [-0.39, 0.29) is 25.6 Å². The molecule has 0 heterocycles. The summed E-state index contributed by atoms with van der Waals surface area (Å²) in [4.78, 5) is 50.8. The largest absolute Gasteiger partial charge is 0.481 e. The summed E-state index contributed by atoms with van der Waals surface area (Å²) >= 11 is 0. The molecule has 218 valence electrons. The molecule has 5 rings (SSSR count). The van der Waals surface area contributed by atoms with Crippen LogP contribution in [0.5, 0.6) is 0 Å². The van der Waals surface area contributed by atoms with E-state index in [1.807, 2.05) is 78.9 Å². The van der Waals surface area contributed by atoms with Gasteiger partial charge in [0.1, 0.15) is 19.3 Å². The lowest BCUT2D eigenvalue weighted by Gasteiger charge is -2.31. The fraction of sp³-hybridized carbons (Fsp3) is 0.333. The number of hydrogen-bond donors (Lipinski definition) is 3. The molecule has 1 atom stereocenters. The van der Waals surface area contributed by atoms with Gasteiger partial charge in [0.15, 0.2) is 0 Å². The maximum atomic E-state index is 13.4. The molecule has 42 heavy (non-hydrogen) atoms. The lowest BCUT2D eigenvalue weighted by atomic mass is 9.92. The summed E-state index contributed by atoms with van der Waals surface area (Å²) in [6.07, 6.45) is 1.02. The minimum absolute atomic E-state index is 0.0158. The second kappa shape index (κ2) is 12.9. The highest BCUT2D eigenvalue weighted by atomic mass is 16.5. The Morgan fingerprint density at radius 3 is 2.05 bits per heavy atom. The molecule has 0 spiro atoms. The molecule has 3 N–H and O–H groups in total. The van der Waals surface area contributed by atoms with Gasteiger partial charge in [-0.1, -0.05) is 91.7 Å². The molecule has 2 aliphatic rings. The van der Waals surface area contributed by atoms with Gasteiger partial charge in [-0.05, 0) is 40.7 Å². The molecule has 1 saturated carbocycles. The molecule has 0 aromatic heterocycles. The van der Waals surface area contributed by atoms with Crippen LogP contribution >= 0.6 is 0 Å². The van der Waals surface area contributed by atoms with Crippen molar-refractivity contribution in [2.45, 2.75) is 62.6 Å². The van der Waals surface area contributed by atoms with E-state index in [4.69, 9.17) is 9.47 Å². The number of fused-ring (bicyclic) bond motifs is 3. The average molecular weight is 571 g/mol. The van der Waals surface area contributed by atoms with Crippen molar-refractivity contribution in [2.24, 2.45) is 0 Å². The van der Waals surface area contributed by atoms with Crippen LogP contribution < -0.4 is 10.6 Å². The van der Waals surface area contributed by atoms with Gasteiger partial charge < -0.3 is 25.2 Å². The minimum atomic E-state index is -1.31. The molecular formula is C33H34N2O7. The summed E-state index contributed by atoms with van der Waals surface area (Å²) in [5.41, 5.74) is 4.10. The predicted molar refractivity (Wildman–Crippen MR) is 154 cm³/mol. The van der Waals surface area contributed by atoms with E-state index in [0.29, 0.717) is 12.8 Å². The molecule has 0 saturated heterocycles. The van der Waals surface area contributed by atoms with Crippen LogP contribution in [-0.2, 0) is 30.5 Å². The first kappa shape index (κ1) is 28.9. The third-order valence-electron chi connectivity index (χ3n) is 8.00. The zero-order valence-electron chi connectivity index (χ0n) is 23.2. The Kier molecular flexibility index (Phi) is 8.85. The van der Waals surface area contributed by atoms with Gasteiger partial charge in [0, 0.05) is 5.92 Å². The maximum Gasteiger partial charge on any atom is 0.407 e. The molecule has 2 aliphatic carbocycles. The topological polar surface area (TPSA) is 131 Å². The van der Waals surface area contributed by atoms with Gasteiger partial charge in [-0.3, -0.25) is 14.4 Å². The number of amides is 2. The van der Waals surface area contributed by atoms with E-state index >= 15 is 0 Å². The Morgan fingerprint density at radius 2 is 1.43 bits per heavy atom. The SMILES string of the molecule is O=C(O)CC1(NC(=O)[C@H](CC(=O)OCc2ccccc2)NC(=O)OCC2c3ccccc3-c3ccccc32)CCCC1. The summed E-state index contributed by atoms with van der Waals surface area (Å²) in [5, 5.41) is 14.8. The van der Waals surface area contributed by atoms with Crippen molar-refractivity contribution < 1.29 is 33.8 Å². The third kappa shape index (κ3) is 6.79. The molecule has 0 aliphatic heterocycles. The standard InChI is InChI=1S/C33H34N2O7/c36-29(37)19-33(16-8-9-17-33)35-31(39)28(18-30(38)41-20-22-10-2-1-3-11-22)34-32(40)42-21-27-25-14-6-4-12-23(25)24-13-5-7-15-26(24)27/h1-7,10-15,27-28H,8-9,16-21H2,(H,34,40)(H,35,39)(H,36,37)/t28-/m0/s1. The van der Waals surface area contributed by atoms with Gasteiger partial charge in [-0.2, -0.15) is 0 Å². The molecule has 3 aromatic rings. The van der Waals surface area contributed by atoms with Crippen LogP contribution in [0, 0.1) is 0 Å². The number of aliphatic carboxylic acids is 1. The highest BCUT2D eigenvalue weighted by molar-refractivity contribution is 5.90. The van der Waals surface area contributed by atoms with Crippen molar-refractivity contribution in [2.75, 3.05) is 6.61 Å². The smallest absolute Gasteiger partial charge is 0.407 e. The van der Waals surface area contributed by atoms with Gasteiger partial charge in [-0.15, -0.1) is 0 Å². The van der Waals surface area contributed by atoms with Crippen LogP contribution in [0.1, 0.15) is 61.1 Å². The van der Waals surface area contributed by atoms with E-state index in [1.165, 1.54) is 0 Å². The highest BCUT2D eigenvalue weighted by Crippen LogP contribution is 2.44. The number of alkyl carbamates (subject to hydrolysis) is 1. The van der Waals surface area contributed by atoms with Gasteiger partial charge in [0.25, 0.3) is 0 Å². The van der Waals surface area contributed by atoms with Crippen molar-refractivity contribution in [3.63, 3.8) is 0 Å². The zero-order valence-corrected chi connectivity index (χ0v) is 23.2. The highest BCUT2D eigenvalue weighted by Gasteiger charge is 2.40. The Balaban J connectivity index is 1.27. The van der Waals surface area contributed by atoms with Crippen LogP contribution in [0.4, 0.5) is 4.79 Å². The molecule has 3 aromatic carbocycles. The fourth-order valence-electron chi connectivity index (χ4n) is 5.99. The number of esters is 1. The predicted octanol–water partition coefficient (Wildman–Crippen LogP) is 4.93. The van der Waals surface area contributed by atoms with Crippen LogP contribution in [-0.4, -0.2) is 47.2 Å². The van der Waals surface area contributed by atoms with E-state index < -0.39 is 41.9 Å². The molecule has 0 unspecified atom stereocenters. The summed E-state index contributed by atoms with van der Waals surface area (Å²) in [6, 6.07) is 23.7. The van der Waals surface area contributed by atoms with Crippen molar-refractivity contribution in [3.05, 3.63) is 95.6 Å². The Bertz CT molecular complexity index is 1400. The number of carbonyl (C=O) groups is 4. The second-order valence-electron chi connectivity index (χ2n) is 10.9. The normalized spacial score (nSPS) is 15.6. The van der Waals surface area contributed by atoms with Gasteiger partial charge in [-0.25, -0.2) is 4.79 Å². The molecule has 0 radical (unpaired) electrons. The summed E-state index contributed by atoms with van der Waals surface area (Å²) in [7, 11) is 0. The molecule has 0 bridgehead atoms. The molecular weight excluding hydrogens is 536 g/mol. The molecule has 2 amide bonds. The Hall–Kier alpha value is -4.66. The van der Waals surface area contributed by atoms with Crippen molar-refractivity contribution in [1.29, 1.82) is 0 Å². The van der Waals surface area contributed by atoms with Crippen LogP contribution in [0.15, 0.2) is 78.9 Å². The van der Waals surface area contributed by atoms with Gasteiger partial charge >= 0.3 is 18.0 Å². The summed E-state index contributed by atoms with van der Waals surface area (Å²) in [6.45, 7) is 0.0531. The number of hydrogen-bond acceptors (Lipinski definition) is 6. The van der Waals surface area contributed by atoms with E-state index in [0.717, 1.165) is 40.7 Å². The number of carboxylic acid groups (broad SMARTS) is 1. The third-order valence-corrected chi connectivity index (χ3v) is 8.00. The average Bonchev–Trinajstić information content (AvgIpc) is 3.57. The first-order valence-corrected chi connectivity index (χ1v) is 14.2. The summed E-state index contributed by atoms with van der Waals surface area (Å²) in [5.74, 6) is -2.54. The number of ether oxygens (including phenoxy) is 2. The van der Waals surface area contributed by atoms with E-state index in [1.54, 1.807) is 0 Å². The van der Waals surface area contributed by atoms with E-state index in [9.17, 15) is 24.3 Å². The van der Waals surface area contributed by atoms with Gasteiger partial charge in [0.05, 0.1) is 18.4 Å². The fourth-order valence-corrected chi connectivity index (χ4v) is 5.99. The Morgan fingerprint density at radius 1 is 0.833 bits per heavy atom. The van der Waals surface area contributed by atoms with Gasteiger partial charge in [0.2, 0.25) is 5.91 Å². The maximum absolute atomic E-state index is 13.4. The molecule has 1 fully saturated rings. The first-order valence-electron chi connectivity index (χ1n) is 14.2. The quantitative estimate of drug-likeness (QED) is 0.279. The second-order valence-corrected chi connectivity index (χ2v) is 10.9. The van der Waals surface area contributed by atoms with Crippen molar-refractivity contribution in [1.82, 2.24) is 10.6 Å².